The average Bonchev–Trinajstić information content (AvgIpc) is 2.34. The Hall–Kier alpha value is -1.36. The van der Waals surface area contributed by atoms with Crippen LogP contribution in [0, 0.1) is 5.92 Å². The normalized spacial score (nSPS) is 12.2. The van der Waals surface area contributed by atoms with E-state index in [4.69, 9.17) is 5.11 Å². The first-order chi connectivity index (χ1) is 8.91. The molecular weight excluding hydrogens is 310 g/mol. The summed E-state index contributed by atoms with van der Waals surface area (Å²) in [4.78, 5) is 22.7. The molecule has 2 N–H and O–H groups in total. The van der Waals surface area contributed by atoms with Crippen LogP contribution < -0.4 is 5.32 Å². The summed E-state index contributed by atoms with van der Waals surface area (Å²) in [6.07, 6.45) is 0.858. The van der Waals surface area contributed by atoms with E-state index >= 15 is 0 Å². The summed E-state index contributed by atoms with van der Waals surface area (Å²) in [5, 5.41) is 11.6. The van der Waals surface area contributed by atoms with E-state index in [-0.39, 0.29) is 18.2 Å². The number of aryl methyl sites for hydroxylation is 1. The number of aliphatic carboxylic acids is 1. The molecule has 1 aromatic carbocycles. The smallest absolute Gasteiger partial charge is 0.326 e. The quantitative estimate of drug-likeness (QED) is 0.844. The van der Waals surface area contributed by atoms with Crippen molar-refractivity contribution in [1.29, 1.82) is 0 Å². The van der Waals surface area contributed by atoms with Crippen LogP contribution in [0.15, 0.2) is 28.7 Å². The van der Waals surface area contributed by atoms with Crippen LogP contribution in [0.3, 0.4) is 0 Å². The molecule has 0 bridgehead atoms. The zero-order valence-corrected chi connectivity index (χ0v) is 12.6. The number of hydrogen-bond acceptors (Lipinski definition) is 2. The lowest BCUT2D eigenvalue weighted by Crippen LogP contribution is -2.44. The number of amides is 1. The Bertz CT molecular complexity index is 460. The van der Waals surface area contributed by atoms with Crippen LogP contribution in [-0.4, -0.2) is 23.0 Å². The molecule has 5 heteroatoms. The van der Waals surface area contributed by atoms with Crippen LogP contribution in [0.25, 0.3) is 0 Å². The van der Waals surface area contributed by atoms with Crippen molar-refractivity contribution in [2.45, 2.75) is 32.7 Å². The fourth-order valence-corrected chi connectivity index (χ4v) is 2.19. The van der Waals surface area contributed by atoms with Crippen molar-refractivity contribution < 1.29 is 14.7 Å². The van der Waals surface area contributed by atoms with E-state index in [1.54, 1.807) is 13.8 Å². The molecule has 1 aromatic rings. The Kier molecular flexibility index (Phi) is 6.02. The maximum atomic E-state index is 11.8. The second-order valence-electron chi connectivity index (χ2n) is 4.72. The minimum absolute atomic E-state index is 0.134. The van der Waals surface area contributed by atoms with Crippen LogP contribution in [0.1, 0.15) is 25.8 Å². The number of halogens is 1. The predicted octanol–water partition coefficient (Wildman–Crippen LogP) is 2.61. The van der Waals surface area contributed by atoms with Crippen molar-refractivity contribution in [2.75, 3.05) is 0 Å². The largest absolute Gasteiger partial charge is 0.480 e. The molecule has 0 aliphatic rings. The molecule has 1 atom stereocenters. The van der Waals surface area contributed by atoms with Crippen molar-refractivity contribution in [3.8, 4) is 0 Å². The third-order valence-electron chi connectivity index (χ3n) is 2.83. The number of carboxylic acid groups (broad SMARTS) is 1. The Labute approximate surface area is 121 Å². The lowest BCUT2D eigenvalue weighted by molar-refractivity contribution is -0.143. The Morgan fingerprint density at radius 1 is 1.32 bits per heavy atom. The van der Waals surface area contributed by atoms with Gasteiger partial charge in [-0.2, -0.15) is 0 Å². The first-order valence-electron chi connectivity index (χ1n) is 6.17. The van der Waals surface area contributed by atoms with E-state index in [9.17, 15) is 9.59 Å². The number of benzene rings is 1. The molecular formula is C14H18BrNO3. The molecule has 0 aliphatic heterocycles. The van der Waals surface area contributed by atoms with Crippen molar-refractivity contribution >= 4 is 27.8 Å². The number of carbonyl (C=O) groups excluding carboxylic acids is 1. The third-order valence-corrected chi connectivity index (χ3v) is 3.60. The van der Waals surface area contributed by atoms with Crippen molar-refractivity contribution in [2.24, 2.45) is 5.92 Å². The summed E-state index contributed by atoms with van der Waals surface area (Å²) in [6, 6.07) is 6.85. The highest BCUT2D eigenvalue weighted by Gasteiger charge is 2.23. The molecule has 0 heterocycles. The van der Waals surface area contributed by atoms with Gasteiger partial charge >= 0.3 is 5.97 Å². The number of nitrogens with one attached hydrogen (secondary N) is 1. The zero-order chi connectivity index (χ0) is 14.4. The van der Waals surface area contributed by atoms with Gasteiger partial charge in [0.25, 0.3) is 0 Å². The van der Waals surface area contributed by atoms with Gasteiger partial charge in [-0.05, 0) is 24.0 Å². The standard InChI is InChI=1S/C14H18BrNO3/c1-9(2)13(14(18)19)16-12(17)8-7-10-5-3-4-6-11(10)15/h3-6,9,13H,7-8H2,1-2H3,(H,16,17)(H,18,19)/t13-/m0/s1. The van der Waals surface area contributed by atoms with Crippen LogP contribution >= 0.6 is 15.9 Å². The molecule has 0 spiro atoms. The van der Waals surface area contributed by atoms with Gasteiger partial charge < -0.3 is 10.4 Å². The molecule has 0 aromatic heterocycles. The second-order valence-corrected chi connectivity index (χ2v) is 5.57. The number of carboxylic acids is 1. The SMILES string of the molecule is CC(C)[C@H](NC(=O)CCc1ccccc1Br)C(=O)O. The third kappa shape index (κ3) is 5.03. The number of carbonyl (C=O) groups is 2. The van der Waals surface area contributed by atoms with Crippen LogP contribution in [0.5, 0.6) is 0 Å². The van der Waals surface area contributed by atoms with Gasteiger partial charge in [-0.15, -0.1) is 0 Å². The highest BCUT2D eigenvalue weighted by atomic mass is 79.9. The molecule has 1 amide bonds. The maximum absolute atomic E-state index is 11.8. The molecule has 0 radical (unpaired) electrons. The summed E-state index contributed by atoms with van der Waals surface area (Å²) < 4.78 is 0.960. The van der Waals surface area contributed by atoms with E-state index in [0.717, 1.165) is 10.0 Å². The van der Waals surface area contributed by atoms with Crippen molar-refractivity contribution in [1.82, 2.24) is 5.32 Å². The molecule has 0 fully saturated rings. The van der Waals surface area contributed by atoms with Gasteiger partial charge in [-0.1, -0.05) is 48.0 Å². The van der Waals surface area contributed by atoms with E-state index in [0.29, 0.717) is 6.42 Å². The van der Waals surface area contributed by atoms with Gasteiger partial charge in [-0.3, -0.25) is 4.79 Å². The van der Waals surface area contributed by atoms with Gasteiger partial charge in [0.15, 0.2) is 0 Å². The first-order valence-corrected chi connectivity index (χ1v) is 6.96. The van der Waals surface area contributed by atoms with Gasteiger partial charge in [0.05, 0.1) is 0 Å². The highest BCUT2D eigenvalue weighted by molar-refractivity contribution is 9.10. The Morgan fingerprint density at radius 3 is 2.47 bits per heavy atom. The minimum atomic E-state index is -0.996. The summed E-state index contributed by atoms with van der Waals surface area (Å²) in [7, 11) is 0. The van der Waals surface area contributed by atoms with E-state index in [1.165, 1.54) is 0 Å². The Balaban J connectivity index is 2.52. The molecule has 0 aliphatic carbocycles. The molecule has 0 saturated heterocycles. The van der Waals surface area contributed by atoms with E-state index in [1.807, 2.05) is 24.3 Å². The van der Waals surface area contributed by atoms with Crippen molar-refractivity contribution in [3.05, 3.63) is 34.3 Å². The lowest BCUT2D eigenvalue weighted by atomic mass is 10.0. The highest BCUT2D eigenvalue weighted by Crippen LogP contribution is 2.17. The number of rotatable bonds is 6. The molecule has 1 rings (SSSR count). The summed E-state index contributed by atoms with van der Waals surface area (Å²) in [5.41, 5.74) is 1.04. The molecule has 19 heavy (non-hydrogen) atoms. The van der Waals surface area contributed by atoms with Gasteiger partial charge in [-0.25, -0.2) is 4.79 Å². The van der Waals surface area contributed by atoms with Crippen LogP contribution in [0.2, 0.25) is 0 Å². The van der Waals surface area contributed by atoms with E-state index < -0.39 is 12.0 Å². The molecule has 4 nitrogen and oxygen atoms in total. The van der Waals surface area contributed by atoms with Gasteiger partial charge in [0.2, 0.25) is 5.91 Å². The molecule has 0 saturated carbocycles. The monoisotopic (exact) mass is 327 g/mol. The zero-order valence-electron chi connectivity index (χ0n) is 11.0. The fourth-order valence-electron chi connectivity index (χ4n) is 1.71. The summed E-state index contributed by atoms with van der Waals surface area (Å²) >= 11 is 3.42. The summed E-state index contributed by atoms with van der Waals surface area (Å²) in [6.45, 7) is 3.54. The van der Waals surface area contributed by atoms with Gasteiger partial charge in [0, 0.05) is 10.9 Å². The first kappa shape index (κ1) is 15.7. The maximum Gasteiger partial charge on any atom is 0.326 e. The van der Waals surface area contributed by atoms with Crippen LogP contribution in [0.4, 0.5) is 0 Å². The Morgan fingerprint density at radius 2 is 1.95 bits per heavy atom. The molecule has 104 valence electrons. The number of hydrogen-bond donors (Lipinski definition) is 2. The fraction of sp³-hybridized carbons (Fsp3) is 0.429. The van der Waals surface area contributed by atoms with Gasteiger partial charge in [0.1, 0.15) is 6.04 Å². The minimum Gasteiger partial charge on any atom is -0.480 e. The lowest BCUT2D eigenvalue weighted by Gasteiger charge is -2.17. The topological polar surface area (TPSA) is 66.4 Å². The average molecular weight is 328 g/mol. The van der Waals surface area contributed by atoms with Crippen LogP contribution in [-0.2, 0) is 16.0 Å². The van der Waals surface area contributed by atoms with E-state index in [2.05, 4.69) is 21.2 Å². The second kappa shape index (κ2) is 7.28. The predicted molar refractivity (Wildman–Crippen MR) is 76.9 cm³/mol. The van der Waals surface area contributed by atoms with Crippen molar-refractivity contribution in [3.63, 3.8) is 0 Å². The molecule has 0 unspecified atom stereocenters. The summed E-state index contributed by atoms with van der Waals surface area (Å²) in [5.74, 6) is -1.37.